The quantitative estimate of drug-likeness (QED) is 0.736. The molecule has 1 aromatic heterocycles. The Kier molecular flexibility index (Phi) is 3.91. The lowest BCUT2D eigenvalue weighted by molar-refractivity contribution is -0.140. The van der Waals surface area contributed by atoms with E-state index in [1.165, 1.54) is 6.07 Å². The van der Waals surface area contributed by atoms with Crippen LogP contribution >= 0.6 is 0 Å². The van der Waals surface area contributed by atoms with Gasteiger partial charge in [0, 0.05) is 13.1 Å². The number of hydrogen-bond donors (Lipinski definition) is 2. The van der Waals surface area contributed by atoms with Gasteiger partial charge in [-0.2, -0.15) is 0 Å². The first-order valence-electron chi connectivity index (χ1n) is 5.78. The molecule has 8 heteroatoms. The fourth-order valence-electron chi connectivity index (χ4n) is 1.87. The van der Waals surface area contributed by atoms with Gasteiger partial charge in [-0.05, 0) is 12.1 Å². The molecule has 0 aliphatic carbocycles. The maximum atomic E-state index is 10.9. The number of morpholine rings is 1. The van der Waals surface area contributed by atoms with E-state index in [1.807, 2.05) is 4.90 Å². The molecule has 2 rings (SSSR count). The van der Waals surface area contributed by atoms with Gasteiger partial charge in [0.25, 0.3) is 5.91 Å². The smallest absolute Gasteiger partial charge is 0.306 e. The van der Waals surface area contributed by atoms with E-state index in [1.54, 1.807) is 6.07 Å². The molecule has 1 aromatic rings. The monoisotopic (exact) mass is 266 g/mol. The molecule has 1 unspecified atom stereocenters. The molecule has 19 heavy (non-hydrogen) atoms. The number of carbonyl (C=O) groups is 2. The first-order chi connectivity index (χ1) is 9.06. The molecule has 1 aliphatic heterocycles. The van der Waals surface area contributed by atoms with Crippen LogP contribution in [0.15, 0.2) is 12.1 Å². The second-order valence-corrected chi connectivity index (χ2v) is 4.18. The van der Waals surface area contributed by atoms with Crippen LogP contribution in [0.3, 0.4) is 0 Å². The summed E-state index contributed by atoms with van der Waals surface area (Å²) < 4.78 is 5.36. The summed E-state index contributed by atoms with van der Waals surface area (Å²) in [7, 11) is 0. The zero-order valence-electron chi connectivity index (χ0n) is 10.2. The van der Waals surface area contributed by atoms with E-state index in [0.29, 0.717) is 25.5 Å². The summed E-state index contributed by atoms with van der Waals surface area (Å²) in [4.78, 5) is 23.4. The van der Waals surface area contributed by atoms with Crippen LogP contribution in [0.25, 0.3) is 0 Å². The summed E-state index contributed by atoms with van der Waals surface area (Å²) in [5.74, 6) is -0.963. The molecular weight excluding hydrogens is 252 g/mol. The largest absolute Gasteiger partial charge is 0.481 e. The highest BCUT2D eigenvalue weighted by Crippen LogP contribution is 2.16. The molecule has 0 spiro atoms. The molecule has 1 aliphatic rings. The van der Waals surface area contributed by atoms with Crippen LogP contribution in [0.4, 0.5) is 5.82 Å². The number of nitrogens with zero attached hydrogens (tertiary/aromatic N) is 3. The summed E-state index contributed by atoms with van der Waals surface area (Å²) >= 11 is 0. The fourth-order valence-corrected chi connectivity index (χ4v) is 1.87. The average Bonchev–Trinajstić information content (AvgIpc) is 2.38. The van der Waals surface area contributed by atoms with Crippen molar-refractivity contribution in [3.05, 3.63) is 17.8 Å². The van der Waals surface area contributed by atoms with Crippen molar-refractivity contribution in [3.63, 3.8) is 0 Å². The van der Waals surface area contributed by atoms with E-state index >= 15 is 0 Å². The fraction of sp³-hybridized carbons (Fsp3) is 0.455. The Balaban J connectivity index is 2.04. The second kappa shape index (κ2) is 5.61. The van der Waals surface area contributed by atoms with E-state index in [4.69, 9.17) is 15.6 Å². The molecule has 2 heterocycles. The van der Waals surface area contributed by atoms with Crippen molar-refractivity contribution < 1.29 is 19.4 Å². The first-order valence-corrected chi connectivity index (χ1v) is 5.78. The van der Waals surface area contributed by atoms with Crippen molar-refractivity contribution in [2.75, 3.05) is 24.6 Å². The van der Waals surface area contributed by atoms with Gasteiger partial charge < -0.3 is 20.5 Å². The zero-order chi connectivity index (χ0) is 13.8. The molecule has 0 saturated carbocycles. The number of aromatic nitrogens is 2. The van der Waals surface area contributed by atoms with Crippen molar-refractivity contribution in [1.82, 2.24) is 10.2 Å². The molecule has 102 valence electrons. The molecule has 8 nitrogen and oxygen atoms in total. The van der Waals surface area contributed by atoms with E-state index in [2.05, 4.69) is 10.2 Å². The molecule has 1 fully saturated rings. The van der Waals surface area contributed by atoms with Gasteiger partial charge >= 0.3 is 5.97 Å². The molecule has 1 amide bonds. The molecule has 0 bridgehead atoms. The number of anilines is 1. The van der Waals surface area contributed by atoms with E-state index < -0.39 is 11.9 Å². The van der Waals surface area contributed by atoms with E-state index in [-0.39, 0.29) is 18.2 Å². The number of amides is 1. The van der Waals surface area contributed by atoms with Crippen LogP contribution < -0.4 is 10.6 Å². The minimum Gasteiger partial charge on any atom is -0.481 e. The normalized spacial score (nSPS) is 19.2. The summed E-state index contributed by atoms with van der Waals surface area (Å²) in [6.45, 7) is 1.45. The minimum absolute atomic E-state index is 0.0523. The molecular formula is C11H14N4O4. The Bertz CT molecular complexity index is 476. The standard InChI is InChI=1S/C11H14N4O4/c12-11(18)8-1-2-9(14-13-8)15-3-4-19-7(6-15)5-10(16)17/h1-2,7H,3-6H2,(H2,12,18)(H,16,17). The van der Waals surface area contributed by atoms with Gasteiger partial charge in [0.05, 0.1) is 19.1 Å². The van der Waals surface area contributed by atoms with Crippen LogP contribution in [0.1, 0.15) is 16.9 Å². The molecule has 0 radical (unpaired) electrons. The third-order valence-electron chi connectivity index (χ3n) is 2.77. The summed E-state index contributed by atoms with van der Waals surface area (Å²) in [6, 6.07) is 3.13. The maximum Gasteiger partial charge on any atom is 0.306 e. The van der Waals surface area contributed by atoms with Crippen molar-refractivity contribution >= 4 is 17.7 Å². The highest BCUT2D eigenvalue weighted by atomic mass is 16.5. The molecule has 1 atom stereocenters. The van der Waals surface area contributed by atoms with Gasteiger partial charge in [-0.3, -0.25) is 9.59 Å². The first kappa shape index (κ1) is 13.2. The van der Waals surface area contributed by atoms with Gasteiger partial charge in [0.15, 0.2) is 11.5 Å². The number of nitrogens with two attached hydrogens (primary N) is 1. The predicted molar refractivity (Wildman–Crippen MR) is 64.8 cm³/mol. The second-order valence-electron chi connectivity index (χ2n) is 4.18. The topological polar surface area (TPSA) is 119 Å². The highest BCUT2D eigenvalue weighted by Gasteiger charge is 2.23. The van der Waals surface area contributed by atoms with Gasteiger partial charge in [-0.25, -0.2) is 0 Å². The lowest BCUT2D eigenvalue weighted by atomic mass is 10.2. The summed E-state index contributed by atoms with van der Waals surface area (Å²) in [5.41, 5.74) is 5.18. The number of primary amides is 1. The number of aliphatic carboxylic acids is 1. The SMILES string of the molecule is NC(=O)c1ccc(N2CCOC(CC(=O)O)C2)nn1. The highest BCUT2D eigenvalue weighted by molar-refractivity contribution is 5.90. The summed E-state index contributed by atoms with van der Waals surface area (Å²) in [5, 5.41) is 16.4. The number of carboxylic acids is 1. The van der Waals surface area contributed by atoms with Crippen LogP contribution in [0, 0.1) is 0 Å². The lowest BCUT2D eigenvalue weighted by Crippen LogP contribution is -2.43. The van der Waals surface area contributed by atoms with Gasteiger partial charge in [0.2, 0.25) is 0 Å². The number of carboxylic acid groups (broad SMARTS) is 1. The number of ether oxygens (including phenoxy) is 1. The van der Waals surface area contributed by atoms with Crippen LogP contribution in [0.2, 0.25) is 0 Å². The van der Waals surface area contributed by atoms with E-state index in [0.717, 1.165) is 0 Å². The Morgan fingerprint density at radius 1 is 1.47 bits per heavy atom. The van der Waals surface area contributed by atoms with Gasteiger partial charge in [-0.15, -0.1) is 10.2 Å². The lowest BCUT2D eigenvalue weighted by Gasteiger charge is -2.32. The van der Waals surface area contributed by atoms with Crippen molar-refractivity contribution in [3.8, 4) is 0 Å². The maximum absolute atomic E-state index is 10.9. The van der Waals surface area contributed by atoms with Crippen molar-refractivity contribution in [2.24, 2.45) is 5.73 Å². The molecule has 0 aromatic carbocycles. The Morgan fingerprint density at radius 2 is 2.26 bits per heavy atom. The van der Waals surface area contributed by atoms with Crippen molar-refractivity contribution in [1.29, 1.82) is 0 Å². The summed E-state index contributed by atoms with van der Waals surface area (Å²) in [6.07, 6.45) is -0.424. The number of carbonyl (C=O) groups excluding carboxylic acids is 1. The molecule has 3 N–H and O–H groups in total. The number of rotatable bonds is 4. The minimum atomic E-state index is -0.901. The predicted octanol–water partition coefficient (Wildman–Crippen LogP) is -0.745. The van der Waals surface area contributed by atoms with Gasteiger partial charge in [-0.1, -0.05) is 0 Å². The average molecular weight is 266 g/mol. The van der Waals surface area contributed by atoms with Crippen LogP contribution in [0.5, 0.6) is 0 Å². The van der Waals surface area contributed by atoms with Crippen LogP contribution in [-0.2, 0) is 9.53 Å². The third-order valence-corrected chi connectivity index (χ3v) is 2.77. The Hall–Kier alpha value is -2.22. The molecule has 1 saturated heterocycles. The van der Waals surface area contributed by atoms with Crippen molar-refractivity contribution in [2.45, 2.75) is 12.5 Å². The third kappa shape index (κ3) is 3.38. The number of hydrogen-bond acceptors (Lipinski definition) is 6. The Morgan fingerprint density at radius 3 is 2.84 bits per heavy atom. The zero-order valence-corrected chi connectivity index (χ0v) is 10.2. The van der Waals surface area contributed by atoms with Crippen LogP contribution in [-0.4, -0.2) is 53.0 Å². The Labute approximate surface area is 109 Å². The van der Waals surface area contributed by atoms with E-state index in [9.17, 15) is 9.59 Å². The van der Waals surface area contributed by atoms with Gasteiger partial charge in [0.1, 0.15) is 0 Å².